The molecule has 1 unspecified atom stereocenters. The highest BCUT2D eigenvalue weighted by Gasteiger charge is 2.12. The Bertz CT molecular complexity index is 149. The quantitative estimate of drug-likeness (QED) is 0.611. The van der Waals surface area contributed by atoms with Crippen LogP contribution in [-0.2, 0) is 14.2 Å². The van der Waals surface area contributed by atoms with Gasteiger partial charge in [-0.15, -0.1) is 0 Å². The van der Waals surface area contributed by atoms with E-state index in [1.54, 1.807) is 0 Å². The maximum atomic E-state index is 5.47. The molecule has 1 aliphatic rings. The summed E-state index contributed by atoms with van der Waals surface area (Å²) in [5.74, 6) is 0. The van der Waals surface area contributed by atoms with Gasteiger partial charge >= 0.3 is 0 Å². The van der Waals surface area contributed by atoms with Crippen LogP contribution < -0.4 is 5.32 Å². The molecule has 0 radical (unpaired) electrons. The molecule has 1 fully saturated rings. The van der Waals surface area contributed by atoms with E-state index < -0.39 is 0 Å². The van der Waals surface area contributed by atoms with Crippen LogP contribution in [0, 0.1) is 0 Å². The van der Waals surface area contributed by atoms with Gasteiger partial charge in [-0.3, -0.25) is 0 Å². The van der Waals surface area contributed by atoms with Gasteiger partial charge in [0.1, 0.15) is 6.79 Å². The molecule has 1 heterocycles. The lowest BCUT2D eigenvalue weighted by molar-refractivity contribution is -0.137. The van der Waals surface area contributed by atoms with E-state index in [9.17, 15) is 0 Å². The van der Waals surface area contributed by atoms with Gasteiger partial charge in [0.2, 0.25) is 0 Å². The zero-order valence-electron chi connectivity index (χ0n) is 10.4. The lowest BCUT2D eigenvalue weighted by Gasteiger charge is -2.22. The Morgan fingerprint density at radius 3 is 2.94 bits per heavy atom. The van der Waals surface area contributed by atoms with E-state index in [0.717, 1.165) is 45.8 Å². The van der Waals surface area contributed by atoms with E-state index in [0.29, 0.717) is 12.9 Å². The van der Waals surface area contributed by atoms with Crippen LogP contribution in [0.4, 0.5) is 0 Å². The van der Waals surface area contributed by atoms with Crippen LogP contribution in [0.2, 0.25) is 0 Å². The summed E-state index contributed by atoms with van der Waals surface area (Å²) in [6, 6.07) is 0. The molecular formula is C12H25NO3. The lowest BCUT2D eigenvalue weighted by Crippen LogP contribution is -2.34. The summed E-state index contributed by atoms with van der Waals surface area (Å²) in [7, 11) is 0. The number of hydrogen-bond donors (Lipinski definition) is 1. The minimum atomic E-state index is 0.328. The second-order valence-corrected chi connectivity index (χ2v) is 4.13. The summed E-state index contributed by atoms with van der Waals surface area (Å²) >= 11 is 0. The van der Waals surface area contributed by atoms with Crippen molar-refractivity contribution in [1.82, 2.24) is 5.32 Å². The van der Waals surface area contributed by atoms with Crippen molar-refractivity contribution in [3.05, 3.63) is 0 Å². The molecule has 0 aliphatic carbocycles. The molecule has 1 saturated heterocycles. The van der Waals surface area contributed by atoms with Crippen molar-refractivity contribution >= 4 is 0 Å². The van der Waals surface area contributed by atoms with Crippen LogP contribution in [0.1, 0.15) is 32.6 Å². The maximum Gasteiger partial charge on any atom is 0.147 e. The molecule has 0 aromatic carbocycles. The van der Waals surface area contributed by atoms with E-state index in [4.69, 9.17) is 14.2 Å². The zero-order chi connectivity index (χ0) is 11.5. The highest BCUT2D eigenvalue weighted by atomic mass is 16.7. The smallest absolute Gasteiger partial charge is 0.147 e. The molecule has 0 spiro atoms. The summed E-state index contributed by atoms with van der Waals surface area (Å²) in [4.78, 5) is 0. The van der Waals surface area contributed by atoms with Crippen LogP contribution in [0.3, 0.4) is 0 Å². The molecule has 16 heavy (non-hydrogen) atoms. The minimum Gasteiger partial charge on any atom is -0.381 e. The summed E-state index contributed by atoms with van der Waals surface area (Å²) in [6.07, 6.45) is 4.78. The average molecular weight is 231 g/mol. The van der Waals surface area contributed by atoms with Crippen molar-refractivity contribution in [2.75, 3.05) is 39.7 Å². The molecule has 96 valence electrons. The molecule has 1 atom stereocenters. The number of ether oxygens (including phenoxy) is 3. The van der Waals surface area contributed by atoms with E-state index in [2.05, 4.69) is 12.2 Å². The summed E-state index contributed by atoms with van der Waals surface area (Å²) in [5.41, 5.74) is 0. The predicted octanol–water partition coefficient (Wildman–Crippen LogP) is 1.55. The third kappa shape index (κ3) is 7.17. The first-order chi connectivity index (χ1) is 7.93. The topological polar surface area (TPSA) is 39.7 Å². The molecular weight excluding hydrogens is 206 g/mol. The largest absolute Gasteiger partial charge is 0.381 e. The number of hydrogen-bond acceptors (Lipinski definition) is 4. The maximum absolute atomic E-state index is 5.47. The standard InChI is InChI=1S/C12H25NO3/c1-2-3-7-14-8-4-6-13-10-12-5-9-15-11-16-12/h12-13H,2-11H2,1H3. The van der Waals surface area contributed by atoms with Crippen LogP contribution in [0.15, 0.2) is 0 Å². The number of rotatable bonds is 9. The Morgan fingerprint density at radius 2 is 2.19 bits per heavy atom. The molecule has 0 bridgehead atoms. The van der Waals surface area contributed by atoms with Crippen LogP contribution in [-0.4, -0.2) is 45.8 Å². The van der Waals surface area contributed by atoms with Gasteiger partial charge < -0.3 is 19.5 Å². The normalized spacial score (nSPS) is 21.2. The molecule has 0 saturated carbocycles. The SMILES string of the molecule is CCCCOCCCNCC1CCOCO1. The highest BCUT2D eigenvalue weighted by molar-refractivity contribution is 4.63. The molecule has 4 nitrogen and oxygen atoms in total. The first-order valence-corrected chi connectivity index (χ1v) is 6.41. The molecule has 4 heteroatoms. The van der Waals surface area contributed by atoms with Gasteiger partial charge in [0, 0.05) is 19.8 Å². The summed E-state index contributed by atoms with van der Waals surface area (Å²) < 4.78 is 16.0. The Kier molecular flexibility index (Phi) is 8.71. The van der Waals surface area contributed by atoms with E-state index in [1.165, 1.54) is 12.8 Å². The molecule has 0 aromatic rings. The van der Waals surface area contributed by atoms with E-state index in [-0.39, 0.29) is 0 Å². The van der Waals surface area contributed by atoms with Crippen molar-refractivity contribution in [1.29, 1.82) is 0 Å². The van der Waals surface area contributed by atoms with Gasteiger partial charge in [-0.05, 0) is 25.8 Å². The minimum absolute atomic E-state index is 0.328. The summed E-state index contributed by atoms with van der Waals surface area (Å²) in [6.45, 7) is 7.16. The fourth-order valence-corrected chi connectivity index (χ4v) is 1.57. The van der Waals surface area contributed by atoms with Gasteiger partial charge in [0.05, 0.1) is 12.7 Å². The second-order valence-electron chi connectivity index (χ2n) is 4.13. The van der Waals surface area contributed by atoms with Crippen LogP contribution >= 0.6 is 0 Å². The first-order valence-electron chi connectivity index (χ1n) is 6.41. The lowest BCUT2D eigenvalue weighted by atomic mass is 10.2. The Balaban J connectivity index is 1.77. The molecule has 0 amide bonds. The fraction of sp³-hybridized carbons (Fsp3) is 1.00. The number of nitrogens with one attached hydrogen (secondary N) is 1. The summed E-state index contributed by atoms with van der Waals surface area (Å²) in [5, 5.41) is 3.39. The van der Waals surface area contributed by atoms with Crippen molar-refractivity contribution in [2.45, 2.75) is 38.7 Å². The van der Waals surface area contributed by atoms with Crippen LogP contribution in [0.5, 0.6) is 0 Å². The predicted molar refractivity (Wildman–Crippen MR) is 63.5 cm³/mol. The third-order valence-corrected chi connectivity index (χ3v) is 2.63. The molecule has 1 rings (SSSR count). The molecule has 1 aliphatic heterocycles. The van der Waals surface area contributed by atoms with Gasteiger partial charge in [-0.25, -0.2) is 0 Å². The second kappa shape index (κ2) is 10.0. The monoisotopic (exact) mass is 231 g/mol. The van der Waals surface area contributed by atoms with Crippen molar-refractivity contribution < 1.29 is 14.2 Å². The van der Waals surface area contributed by atoms with E-state index >= 15 is 0 Å². The molecule has 0 aromatic heterocycles. The van der Waals surface area contributed by atoms with Gasteiger partial charge in [-0.2, -0.15) is 0 Å². The Labute approximate surface area is 98.6 Å². The molecule has 1 N–H and O–H groups in total. The van der Waals surface area contributed by atoms with Gasteiger partial charge in [0.15, 0.2) is 0 Å². The van der Waals surface area contributed by atoms with Crippen molar-refractivity contribution in [3.8, 4) is 0 Å². The first kappa shape index (κ1) is 13.9. The van der Waals surface area contributed by atoms with E-state index in [1.807, 2.05) is 0 Å². The van der Waals surface area contributed by atoms with Gasteiger partial charge in [0.25, 0.3) is 0 Å². The zero-order valence-corrected chi connectivity index (χ0v) is 10.4. The fourth-order valence-electron chi connectivity index (χ4n) is 1.57. The van der Waals surface area contributed by atoms with Gasteiger partial charge in [-0.1, -0.05) is 13.3 Å². The number of unbranched alkanes of at least 4 members (excludes halogenated alkanes) is 1. The Morgan fingerprint density at radius 1 is 1.31 bits per heavy atom. The van der Waals surface area contributed by atoms with Crippen LogP contribution in [0.25, 0.3) is 0 Å². The highest BCUT2D eigenvalue weighted by Crippen LogP contribution is 2.04. The van der Waals surface area contributed by atoms with Crippen molar-refractivity contribution in [3.63, 3.8) is 0 Å². The average Bonchev–Trinajstić information content (AvgIpc) is 2.34. The van der Waals surface area contributed by atoms with Crippen molar-refractivity contribution in [2.24, 2.45) is 0 Å². The Hall–Kier alpha value is -0.160. The third-order valence-electron chi connectivity index (χ3n) is 2.63.